The Morgan fingerprint density at radius 2 is 2.00 bits per heavy atom. The molecule has 10 nitrogen and oxygen atoms in total. The van der Waals surface area contributed by atoms with Gasteiger partial charge in [0.15, 0.2) is 0 Å². The number of hydrogen-bond donors (Lipinski definition) is 2. The maximum Gasteiger partial charge on any atom is 0.312 e. The number of hydrogen-bond acceptors (Lipinski definition) is 7. The number of rotatable bonds is 16. The van der Waals surface area contributed by atoms with E-state index in [4.69, 9.17) is 9.47 Å². The molecule has 1 aromatic carbocycles. The summed E-state index contributed by atoms with van der Waals surface area (Å²) in [6, 6.07) is 8.64. The van der Waals surface area contributed by atoms with E-state index in [1.165, 1.54) is 0 Å². The molecule has 3 saturated heterocycles. The fourth-order valence-corrected chi connectivity index (χ4v) is 7.52. The Hall–Kier alpha value is -3.02. The molecule has 3 aliphatic rings. The molecule has 7 atom stereocenters. The van der Waals surface area contributed by atoms with Crippen molar-refractivity contribution in [3.05, 3.63) is 61.2 Å². The second-order valence-corrected chi connectivity index (χ2v) is 12.7. The summed E-state index contributed by atoms with van der Waals surface area (Å²) in [5, 5.41) is 12.2. The van der Waals surface area contributed by atoms with E-state index in [0.717, 1.165) is 5.56 Å². The smallest absolute Gasteiger partial charge is 0.312 e. The minimum atomic E-state index is -1.21. The molecule has 0 saturated carbocycles. The molecule has 3 fully saturated rings. The Bertz CT molecular complexity index is 1200. The summed E-state index contributed by atoms with van der Waals surface area (Å²) in [5.74, 6) is -3.14. The van der Waals surface area contributed by atoms with E-state index in [0.29, 0.717) is 38.6 Å². The number of aliphatic hydroxyl groups excluding tert-OH is 1. The van der Waals surface area contributed by atoms with Crippen LogP contribution in [0, 0.1) is 11.8 Å². The molecule has 43 heavy (non-hydrogen) atoms. The van der Waals surface area contributed by atoms with Crippen LogP contribution in [0.3, 0.4) is 0 Å². The molecule has 234 valence electrons. The number of esters is 1. The fourth-order valence-electron chi connectivity index (χ4n) is 6.58. The second kappa shape index (κ2) is 14.6. The highest BCUT2D eigenvalue weighted by Crippen LogP contribution is 2.60. The SMILES string of the molecule is C=CCCC(=O)NC[C@H](C)OC(=O)[C@H]1[C@@H]2O[C@@]3(CC2Br)[C@@H]1C(=O)N(CCCCO)[C@@H]3C(=O)N(CC=C)Cc1ccccc1. The van der Waals surface area contributed by atoms with Crippen molar-refractivity contribution in [1.82, 2.24) is 15.1 Å². The summed E-state index contributed by atoms with van der Waals surface area (Å²) in [7, 11) is 0. The molecule has 2 bridgehead atoms. The van der Waals surface area contributed by atoms with E-state index in [1.807, 2.05) is 30.3 Å². The lowest BCUT2D eigenvalue weighted by atomic mass is 9.70. The number of fused-ring (bicyclic) bond motifs is 1. The monoisotopic (exact) mass is 659 g/mol. The van der Waals surface area contributed by atoms with E-state index in [9.17, 15) is 24.3 Å². The second-order valence-electron chi connectivity index (χ2n) is 11.5. The summed E-state index contributed by atoms with van der Waals surface area (Å²) in [6.45, 7) is 10.1. The molecule has 3 heterocycles. The highest BCUT2D eigenvalue weighted by Gasteiger charge is 2.77. The van der Waals surface area contributed by atoms with Crippen LogP contribution in [-0.2, 0) is 35.2 Å². The van der Waals surface area contributed by atoms with Crippen molar-refractivity contribution in [2.24, 2.45) is 11.8 Å². The molecule has 1 unspecified atom stereocenters. The number of likely N-dealkylation sites (tertiary alicyclic amines) is 1. The summed E-state index contributed by atoms with van der Waals surface area (Å²) in [6.07, 6.45) is 4.22. The Balaban J connectivity index is 1.59. The van der Waals surface area contributed by atoms with Gasteiger partial charge in [-0.15, -0.1) is 13.2 Å². The predicted molar refractivity (Wildman–Crippen MR) is 164 cm³/mol. The van der Waals surface area contributed by atoms with Crippen molar-refractivity contribution in [3.63, 3.8) is 0 Å². The maximum atomic E-state index is 14.4. The minimum Gasteiger partial charge on any atom is -0.460 e. The van der Waals surface area contributed by atoms with E-state index < -0.39 is 41.7 Å². The van der Waals surface area contributed by atoms with Gasteiger partial charge in [0, 0.05) is 37.5 Å². The quantitative estimate of drug-likeness (QED) is 0.121. The van der Waals surface area contributed by atoms with Gasteiger partial charge in [-0.2, -0.15) is 0 Å². The number of nitrogens with zero attached hydrogens (tertiary/aromatic N) is 2. The average molecular weight is 661 g/mol. The third-order valence-corrected chi connectivity index (χ3v) is 9.30. The molecule has 3 aliphatic heterocycles. The number of carbonyl (C=O) groups is 4. The number of halogens is 1. The van der Waals surface area contributed by atoms with Crippen molar-refractivity contribution < 1.29 is 33.8 Å². The number of benzene rings is 1. The largest absolute Gasteiger partial charge is 0.460 e. The van der Waals surface area contributed by atoms with Gasteiger partial charge < -0.3 is 29.7 Å². The van der Waals surface area contributed by atoms with Gasteiger partial charge in [-0.05, 0) is 38.2 Å². The highest BCUT2D eigenvalue weighted by molar-refractivity contribution is 9.09. The van der Waals surface area contributed by atoms with Crippen LogP contribution < -0.4 is 5.32 Å². The van der Waals surface area contributed by atoms with Crippen LogP contribution in [0.4, 0.5) is 0 Å². The normalized spacial score (nSPS) is 27.8. The molecule has 11 heteroatoms. The molecular formula is C32H42BrN3O7. The van der Waals surface area contributed by atoms with Crippen LogP contribution in [-0.4, -0.2) is 93.5 Å². The van der Waals surface area contributed by atoms with Crippen LogP contribution in [0.1, 0.15) is 44.6 Å². The minimum absolute atomic E-state index is 0.0369. The number of alkyl halides is 1. The zero-order chi connectivity index (χ0) is 31.1. The Kier molecular flexibility index (Phi) is 11.2. The van der Waals surface area contributed by atoms with Gasteiger partial charge in [0.05, 0.1) is 24.5 Å². The Morgan fingerprint density at radius 1 is 1.26 bits per heavy atom. The molecule has 0 aromatic heterocycles. The lowest BCUT2D eigenvalue weighted by Gasteiger charge is -2.37. The lowest BCUT2D eigenvalue weighted by Crippen LogP contribution is -2.56. The first kappa shape index (κ1) is 32.9. The van der Waals surface area contributed by atoms with E-state index in [-0.39, 0.29) is 48.8 Å². The Labute approximate surface area is 261 Å². The van der Waals surface area contributed by atoms with E-state index in [2.05, 4.69) is 34.4 Å². The first-order valence-corrected chi connectivity index (χ1v) is 15.8. The first-order valence-electron chi connectivity index (χ1n) is 14.9. The Morgan fingerprint density at radius 3 is 2.67 bits per heavy atom. The lowest BCUT2D eigenvalue weighted by molar-refractivity contribution is -0.159. The summed E-state index contributed by atoms with van der Waals surface area (Å²) < 4.78 is 12.3. The zero-order valence-electron chi connectivity index (χ0n) is 24.7. The van der Waals surface area contributed by atoms with Crippen molar-refractivity contribution in [1.29, 1.82) is 0 Å². The van der Waals surface area contributed by atoms with Gasteiger partial charge in [-0.1, -0.05) is 58.4 Å². The number of ether oxygens (including phenoxy) is 2. The van der Waals surface area contributed by atoms with Gasteiger partial charge in [-0.25, -0.2) is 0 Å². The number of allylic oxidation sites excluding steroid dienone is 1. The molecule has 3 amide bonds. The van der Waals surface area contributed by atoms with Gasteiger partial charge in [0.25, 0.3) is 0 Å². The van der Waals surface area contributed by atoms with Crippen molar-refractivity contribution in [2.75, 3.05) is 26.2 Å². The van der Waals surface area contributed by atoms with Crippen molar-refractivity contribution >= 4 is 39.6 Å². The van der Waals surface area contributed by atoms with Crippen LogP contribution in [0.15, 0.2) is 55.6 Å². The van der Waals surface area contributed by atoms with Gasteiger partial charge in [-0.3, -0.25) is 19.2 Å². The van der Waals surface area contributed by atoms with E-state index in [1.54, 1.807) is 28.9 Å². The van der Waals surface area contributed by atoms with Crippen LogP contribution in [0.2, 0.25) is 0 Å². The third kappa shape index (κ3) is 6.89. The highest BCUT2D eigenvalue weighted by atomic mass is 79.9. The first-order chi connectivity index (χ1) is 20.7. The molecule has 2 N–H and O–H groups in total. The van der Waals surface area contributed by atoms with Crippen LogP contribution in [0.5, 0.6) is 0 Å². The molecular weight excluding hydrogens is 618 g/mol. The molecule has 1 spiro atoms. The molecule has 1 aromatic rings. The van der Waals surface area contributed by atoms with Crippen molar-refractivity contribution in [2.45, 2.75) is 74.3 Å². The molecule has 4 rings (SSSR count). The summed E-state index contributed by atoms with van der Waals surface area (Å²) in [4.78, 5) is 57.2. The van der Waals surface area contributed by atoms with Crippen LogP contribution in [0.25, 0.3) is 0 Å². The fraction of sp³-hybridized carbons (Fsp3) is 0.562. The zero-order valence-corrected chi connectivity index (χ0v) is 26.2. The number of nitrogens with one attached hydrogen (secondary N) is 1. The van der Waals surface area contributed by atoms with Gasteiger partial charge >= 0.3 is 5.97 Å². The van der Waals surface area contributed by atoms with Crippen LogP contribution >= 0.6 is 15.9 Å². The molecule has 0 radical (unpaired) electrons. The predicted octanol–water partition coefficient (Wildman–Crippen LogP) is 2.74. The third-order valence-electron chi connectivity index (χ3n) is 8.46. The van der Waals surface area contributed by atoms with Gasteiger partial charge in [0.2, 0.25) is 17.7 Å². The summed E-state index contributed by atoms with van der Waals surface area (Å²) >= 11 is 3.68. The average Bonchev–Trinajstić information content (AvgIpc) is 3.58. The number of unbranched alkanes of at least 4 members (excludes halogenated alkanes) is 1. The summed E-state index contributed by atoms with van der Waals surface area (Å²) in [5.41, 5.74) is -0.279. The van der Waals surface area contributed by atoms with Crippen molar-refractivity contribution in [3.8, 4) is 0 Å². The molecule has 0 aliphatic carbocycles. The number of aliphatic hydroxyl groups is 1. The van der Waals surface area contributed by atoms with E-state index >= 15 is 0 Å². The van der Waals surface area contributed by atoms with Gasteiger partial charge in [0.1, 0.15) is 17.7 Å². The maximum absolute atomic E-state index is 14.4. The number of amides is 3. The number of carbonyl (C=O) groups excluding carboxylic acids is 4. The standard InChI is InChI=1S/C32H42BrN3O7/c1-4-6-14-24(38)34-19-21(3)42-31(41)25-26-29(39)36(16-10-11-17-37)28(32(26)18-23(33)27(25)43-32)30(40)35(15-5-2)20-22-12-8-7-9-13-22/h4-5,7-9,12-13,21,23,25-28,37H,1-2,6,10-11,14-20H2,3H3,(H,34,38)/t21-,23?,25+,26-,27+,28+,32-/m0/s1. The topological polar surface area (TPSA) is 125 Å².